The van der Waals surface area contributed by atoms with Crippen LogP contribution in [0.4, 0.5) is 0 Å². The molecule has 1 heterocycles. The second-order valence-corrected chi connectivity index (χ2v) is 8.64. The zero-order valence-electron chi connectivity index (χ0n) is 16.3. The van der Waals surface area contributed by atoms with Crippen molar-refractivity contribution in [3.05, 3.63) is 65.7 Å². The first-order valence-electron chi connectivity index (χ1n) is 9.46. The van der Waals surface area contributed by atoms with Crippen molar-refractivity contribution in [2.45, 2.75) is 44.0 Å². The van der Waals surface area contributed by atoms with Crippen LogP contribution >= 0.6 is 0 Å². The molecule has 0 N–H and O–H groups in total. The summed E-state index contributed by atoms with van der Waals surface area (Å²) in [6, 6.07) is 16.6. The van der Waals surface area contributed by atoms with Crippen molar-refractivity contribution in [3.63, 3.8) is 0 Å². The van der Waals surface area contributed by atoms with E-state index in [1.807, 2.05) is 42.3 Å². The van der Waals surface area contributed by atoms with Gasteiger partial charge in [0.05, 0.1) is 36.9 Å². The van der Waals surface area contributed by atoms with Crippen LogP contribution in [0.15, 0.2) is 59.5 Å². The fraction of sp³-hybridized carbons (Fsp3) is 0.429. The van der Waals surface area contributed by atoms with Crippen LogP contribution < -0.4 is 0 Å². The number of aryl methyl sites for hydroxylation is 1. The van der Waals surface area contributed by atoms with Crippen LogP contribution in [-0.2, 0) is 30.5 Å². The SMILES string of the molecule is Cc1ccc(S(=O)(=O)O[C@H](C)CO[C@H]2CCN(OCc3ccccc3)C2)cc1. The van der Waals surface area contributed by atoms with Gasteiger partial charge in [-0.15, -0.1) is 0 Å². The maximum Gasteiger partial charge on any atom is 0.297 e. The molecule has 3 rings (SSSR count). The minimum absolute atomic E-state index is 0.00361. The lowest BCUT2D eigenvalue weighted by Crippen LogP contribution is -2.27. The molecule has 0 unspecified atom stereocenters. The smallest absolute Gasteiger partial charge is 0.297 e. The quantitative estimate of drug-likeness (QED) is 0.597. The Morgan fingerprint density at radius 3 is 2.54 bits per heavy atom. The summed E-state index contributed by atoms with van der Waals surface area (Å²) in [4.78, 5) is 5.96. The lowest BCUT2D eigenvalue weighted by Gasteiger charge is -2.18. The molecule has 0 amide bonds. The Labute approximate surface area is 167 Å². The summed E-state index contributed by atoms with van der Waals surface area (Å²) in [6.45, 7) is 5.79. The average molecular weight is 406 g/mol. The lowest BCUT2D eigenvalue weighted by molar-refractivity contribution is -0.160. The van der Waals surface area contributed by atoms with E-state index in [1.54, 1.807) is 31.2 Å². The van der Waals surface area contributed by atoms with Crippen molar-refractivity contribution >= 4 is 10.1 Å². The first-order valence-corrected chi connectivity index (χ1v) is 10.9. The summed E-state index contributed by atoms with van der Waals surface area (Å²) in [7, 11) is -3.79. The Hall–Kier alpha value is -1.77. The molecule has 6 nitrogen and oxygen atoms in total. The monoisotopic (exact) mass is 405 g/mol. The topological polar surface area (TPSA) is 65.1 Å². The van der Waals surface area contributed by atoms with Crippen molar-refractivity contribution in [1.29, 1.82) is 0 Å². The number of hydroxylamine groups is 2. The molecule has 0 aliphatic carbocycles. The van der Waals surface area contributed by atoms with E-state index in [4.69, 9.17) is 13.8 Å². The average Bonchev–Trinajstić information content (AvgIpc) is 3.13. The number of hydrogen-bond donors (Lipinski definition) is 0. The van der Waals surface area contributed by atoms with E-state index in [1.165, 1.54) is 0 Å². The second-order valence-electron chi connectivity index (χ2n) is 7.07. The molecular weight excluding hydrogens is 378 g/mol. The molecule has 1 aliphatic rings. The van der Waals surface area contributed by atoms with Gasteiger partial charge in [0.1, 0.15) is 0 Å². The minimum atomic E-state index is -3.79. The highest BCUT2D eigenvalue weighted by Crippen LogP contribution is 2.18. The number of rotatable bonds is 9. The third-order valence-electron chi connectivity index (χ3n) is 4.53. The summed E-state index contributed by atoms with van der Waals surface area (Å²) in [5.74, 6) is 0. The third-order valence-corrected chi connectivity index (χ3v) is 5.96. The second kappa shape index (κ2) is 9.62. The standard InChI is InChI=1S/C21H27NO5S/c1-17-8-10-21(11-9-17)28(23,24)27-18(2)15-25-20-12-13-22(14-20)26-16-19-6-4-3-5-7-19/h3-11,18,20H,12-16H2,1-2H3/t18-,20+/m1/s1. The maximum absolute atomic E-state index is 12.3. The summed E-state index contributed by atoms with van der Waals surface area (Å²) >= 11 is 0. The van der Waals surface area contributed by atoms with Gasteiger partial charge in [-0.3, -0.25) is 9.02 Å². The van der Waals surface area contributed by atoms with Crippen LogP contribution in [0.1, 0.15) is 24.5 Å². The van der Waals surface area contributed by atoms with Gasteiger partial charge in [-0.05, 0) is 38.0 Å². The largest absolute Gasteiger partial charge is 0.374 e. The molecular formula is C21H27NO5S. The van der Waals surface area contributed by atoms with Crippen LogP contribution in [0.5, 0.6) is 0 Å². The van der Waals surface area contributed by atoms with E-state index >= 15 is 0 Å². The molecule has 1 aliphatic heterocycles. The fourth-order valence-corrected chi connectivity index (χ4v) is 4.04. The molecule has 28 heavy (non-hydrogen) atoms. The van der Waals surface area contributed by atoms with Crippen molar-refractivity contribution in [2.24, 2.45) is 0 Å². The van der Waals surface area contributed by atoms with E-state index in [2.05, 4.69) is 0 Å². The highest BCUT2D eigenvalue weighted by atomic mass is 32.2. The van der Waals surface area contributed by atoms with Gasteiger partial charge in [0.15, 0.2) is 0 Å². The normalized spacial score (nSPS) is 19.0. The van der Waals surface area contributed by atoms with Gasteiger partial charge < -0.3 is 4.74 Å². The van der Waals surface area contributed by atoms with Crippen LogP contribution in [0, 0.1) is 6.92 Å². The Bertz CT molecular complexity index is 839. The van der Waals surface area contributed by atoms with E-state index in [0.717, 1.165) is 24.1 Å². The fourth-order valence-electron chi connectivity index (χ4n) is 2.97. The highest BCUT2D eigenvalue weighted by Gasteiger charge is 2.26. The number of hydrogen-bond acceptors (Lipinski definition) is 6. The van der Waals surface area contributed by atoms with Crippen molar-refractivity contribution in [2.75, 3.05) is 19.7 Å². The first kappa shape index (κ1) is 21.0. The van der Waals surface area contributed by atoms with Crippen molar-refractivity contribution in [1.82, 2.24) is 5.06 Å². The summed E-state index contributed by atoms with van der Waals surface area (Å²) in [5, 5.41) is 1.90. The Balaban J connectivity index is 1.40. The molecule has 7 heteroatoms. The zero-order valence-corrected chi connectivity index (χ0v) is 17.1. The first-order chi connectivity index (χ1) is 13.4. The van der Waals surface area contributed by atoms with Crippen LogP contribution in [0.3, 0.4) is 0 Å². The van der Waals surface area contributed by atoms with Crippen LogP contribution in [-0.4, -0.2) is 45.4 Å². The maximum atomic E-state index is 12.3. The molecule has 2 aromatic rings. The Kier molecular flexibility index (Phi) is 7.20. The molecule has 0 spiro atoms. The van der Waals surface area contributed by atoms with Gasteiger partial charge >= 0.3 is 0 Å². The summed E-state index contributed by atoms with van der Waals surface area (Å²) in [5.41, 5.74) is 2.12. The molecule has 2 atom stereocenters. The Morgan fingerprint density at radius 2 is 1.82 bits per heavy atom. The molecule has 0 radical (unpaired) electrons. The molecule has 0 bridgehead atoms. The lowest BCUT2D eigenvalue weighted by atomic mass is 10.2. The predicted molar refractivity (Wildman–Crippen MR) is 106 cm³/mol. The van der Waals surface area contributed by atoms with E-state index < -0.39 is 16.2 Å². The van der Waals surface area contributed by atoms with Gasteiger partial charge in [-0.25, -0.2) is 0 Å². The summed E-state index contributed by atoms with van der Waals surface area (Å²) < 4.78 is 35.7. The third kappa shape index (κ3) is 6.12. The Morgan fingerprint density at radius 1 is 1.11 bits per heavy atom. The van der Waals surface area contributed by atoms with E-state index in [0.29, 0.717) is 13.2 Å². The molecule has 2 aromatic carbocycles. The predicted octanol–water partition coefficient (Wildman–Crippen LogP) is 3.31. The minimum Gasteiger partial charge on any atom is -0.374 e. The van der Waals surface area contributed by atoms with E-state index in [9.17, 15) is 8.42 Å². The molecule has 0 aromatic heterocycles. The van der Waals surface area contributed by atoms with Gasteiger partial charge in [-0.2, -0.15) is 13.5 Å². The number of nitrogens with zero attached hydrogens (tertiary/aromatic N) is 1. The molecule has 0 saturated carbocycles. The molecule has 1 saturated heterocycles. The van der Waals surface area contributed by atoms with Gasteiger partial charge in [0.2, 0.25) is 0 Å². The zero-order chi connectivity index (χ0) is 20.0. The number of benzene rings is 2. The van der Waals surface area contributed by atoms with Gasteiger partial charge in [-0.1, -0.05) is 48.0 Å². The molecule has 152 valence electrons. The van der Waals surface area contributed by atoms with E-state index in [-0.39, 0.29) is 17.6 Å². The summed E-state index contributed by atoms with van der Waals surface area (Å²) in [6.07, 6.45) is 0.279. The molecule has 1 fully saturated rings. The van der Waals surface area contributed by atoms with Gasteiger partial charge in [0.25, 0.3) is 10.1 Å². The van der Waals surface area contributed by atoms with Crippen LogP contribution in [0.2, 0.25) is 0 Å². The van der Waals surface area contributed by atoms with Gasteiger partial charge in [0, 0.05) is 6.54 Å². The highest BCUT2D eigenvalue weighted by molar-refractivity contribution is 7.86. The van der Waals surface area contributed by atoms with Crippen molar-refractivity contribution < 1.29 is 22.2 Å². The van der Waals surface area contributed by atoms with Crippen molar-refractivity contribution in [3.8, 4) is 0 Å². The number of ether oxygens (including phenoxy) is 1. The van der Waals surface area contributed by atoms with Crippen LogP contribution in [0.25, 0.3) is 0 Å².